The molecule has 1 spiro atoms. The van der Waals surface area contributed by atoms with Gasteiger partial charge in [0.05, 0.1) is 5.57 Å². The molecular weight excluding hydrogens is 288 g/mol. The zero-order chi connectivity index (χ0) is 15.9. The minimum Gasteiger partial charge on any atom is -0.507 e. The molecule has 3 nitrogen and oxygen atoms in total. The maximum absolute atomic E-state index is 12.7. The van der Waals surface area contributed by atoms with Gasteiger partial charge in [-0.15, -0.1) is 0 Å². The lowest BCUT2D eigenvalue weighted by Crippen LogP contribution is -2.31. The molecule has 1 atom stereocenters. The van der Waals surface area contributed by atoms with Crippen molar-refractivity contribution in [2.24, 2.45) is 5.92 Å². The van der Waals surface area contributed by atoms with Gasteiger partial charge in [0.25, 0.3) is 0 Å². The summed E-state index contributed by atoms with van der Waals surface area (Å²) >= 11 is 0. The summed E-state index contributed by atoms with van der Waals surface area (Å²) in [6.07, 6.45) is 8.13. The van der Waals surface area contributed by atoms with E-state index in [2.05, 4.69) is 12.1 Å². The summed E-state index contributed by atoms with van der Waals surface area (Å²) in [6, 6.07) is 10.1. The average molecular weight is 312 g/mol. The fraction of sp³-hybridized carbons (Fsp3) is 0.550. The van der Waals surface area contributed by atoms with Crippen molar-refractivity contribution in [2.45, 2.75) is 62.9 Å². The van der Waals surface area contributed by atoms with E-state index >= 15 is 0 Å². The molecule has 1 N–H and O–H groups in total. The van der Waals surface area contributed by atoms with Gasteiger partial charge in [0.15, 0.2) is 5.60 Å². The third kappa shape index (κ3) is 2.56. The van der Waals surface area contributed by atoms with Crippen molar-refractivity contribution in [1.29, 1.82) is 0 Å². The van der Waals surface area contributed by atoms with Crippen molar-refractivity contribution in [2.75, 3.05) is 0 Å². The van der Waals surface area contributed by atoms with E-state index in [0.717, 1.165) is 56.9 Å². The second-order valence-corrected chi connectivity index (χ2v) is 7.29. The van der Waals surface area contributed by atoms with Crippen molar-refractivity contribution in [3.8, 4) is 0 Å². The van der Waals surface area contributed by atoms with Crippen LogP contribution < -0.4 is 0 Å². The van der Waals surface area contributed by atoms with E-state index in [1.807, 2.05) is 18.2 Å². The Balaban J connectivity index is 1.75. The molecule has 122 valence electrons. The highest BCUT2D eigenvalue weighted by Gasteiger charge is 2.52. The van der Waals surface area contributed by atoms with Crippen LogP contribution in [0, 0.1) is 5.92 Å². The summed E-state index contributed by atoms with van der Waals surface area (Å²) in [6.45, 7) is 0. The zero-order valence-corrected chi connectivity index (χ0v) is 13.5. The highest BCUT2D eigenvalue weighted by Crippen LogP contribution is 2.52. The Morgan fingerprint density at radius 3 is 2.30 bits per heavy atom. The van der Waals surface area contributed by atoms with E-state index in [1.165, 1.54) is 0 Å². The zero-order valence-electron chi connectivity index (χ0n) is 13.5. The first-order valence-electron chi connectivity index (χ1n) is 8.93. The molecule has 2 saturated carbocycles. The normalized spacial score (nSPS) is 25.3. The number of ether oxygens (including phenoxy) is 1. The van der Waals surface area contributed by atoms with Gasteiger partial charge in [-0.3, -0.25) is 0 Å². The topological polar surface area (TPSA) is 46.5 Å². The molecule has 2 aliphatic carbocycles. The van der Waals surface area contributed by atoms with Crippen LogP contribution in [0.15, 0.2) is 41.7 Å². The number of rotatable bonds is 3. The Kier molecular flexibility index (Phi) is 3.67. The molecule has 2 fully saturated rings. The van der Waals surface area contributed by atoms with Crippen LogP contribution in [0.3, 0.4) is 0 Å². The molecule has 3 aliphatic rings. The number of carbonyl (C=O) groups excluding carboxylic acids is 1. The van der Waals surface area contributed by atoms with Crippen LogP contribution in [0.2, 0.25) is 0 Å². The first-order valence-corrected chi connectivity index (χ1v) is 8.93. The van der Waals surface area contributed by atoms with Crippen LogP contribution in [0.25, 0.3) is 0 Å². The molecule has 1 unspecified atom stereocenters. The van der Waals surface area contributed by atoms with E-state index < -0.39 is 5.60 Å². The number of aliphatic hydroxyl groups excluding tert-OH is 1. The standard InChI is InChI=1S/C20H24O3/c21-18-17(16(15-10-11-15)14-8-4-3-5-9-14)19(22)23-20(18)12-6-1-2-7-13-20/h3-5,8-9,15-16,21H,1-2,6-7,10-13H2. The lowest BCUT2D eigenvalue weighted by atomic mass is 9.83. The van der Waals surface area contributed by atoms with E-state index in [-0.39, 0.29) is 17.6 Å². The van der Waals surface area contributed by atoms with E-state index in [1.54, 1.807) is 0 Å². The monoisotopic (exact) mass is 312 g/mol. The van der Waals surface area contributed by atoms with Gasteiger partial charge in [-0.25, -0.2) is 4.79 Å². The van der Waals surface area contributed by atoms with Gasteiger partial charge in [0.2, 0.25) is 0 Å². The van der Waals surface area contributed by atoms with E-state index in [9.17, 15) is 9.90 Å². The number of benzene rings is 1. The molecule has 3 heteroatoms. The molecular formula is C20H24O3. The van der Waals surface area contributed by atoms with Crippen molar-refractivity contribution in [3.63, 3.8) is 0 Å². The molecule has 0 aromatic heterocycles. The number of hydrogen-bond acceptors (Lipinski definition) is 3. The molecule has 0 amide bonds. The molecule has 1 aliphatic heterocycles. The highest BCUT2D eigenvalue weighted by atomic mass is 16.6. The maximum Gasteiger partial charge on any atom is 0.339 e. The van der Waals surface area contributed by atoms with Crippen LogP contribution in [0.5, 0.6) is 0 Å². The van der Waals surface area contributed by atoms with Gasteiger partial charge in [-0.1, -0.05) is 43.2 Å². The van der Waals surface area contributed by atoms with Crippen LogP contribution in [0.1, 0.15) is 62.8 Å². The van der Waals surface area contributed by atoms with Gasteiger partial charge in [0, 0.05) is 5.92 Å². The Bertz CT molecular complexity index is 620. The number of hydrogen-bond donors (Lipinski definition) is 1. The fourth-order valence-electron chi connectivity index (χ4n) is 4.30. The summed E-state index contributed by atoms with van der Waals surface area (Å²) < 4.78 is 5.81. The van der Waals surface area contributed by atoms with Crippen molar-refractivity contribution in [1.82, 2.24) is 0 Å². The summed E-state index contributed by atoms with van der Waals surface area (Å²) in [5.74, 6) is 0.407. The lowest BCUT2D eigenvalue weighted by Gasteiger charge is -2.26. The smallest absolute Gasteiger partial charge is 0.339 e. The molecule has 0 radical (unpaired) electrons. The second-order valence-electron chi connectivity index (χ2n) is 7.29. The largest absolute Gasteiger partial charge is 0.507 e. The summed E-state index contributed by atoms with van der Waals surface area (Å²) in [5, 5.41) is 11.0. The molecule has 1 heterocycles. The maximum atomic E-state index is 12.7. The second kappa shape index (κ2) is 5.70. The Morgan fingerprint density at radius 2 is 1.70 bits per heavy atom. The molecule has 1 aromatic carbocycles. The van der Waals surface area contributed by atoms with E-state index in [4.69, 9.17) is 4.74 Å². The van der Waals surface area contributed by atoms with Gasteiger partial charge < -0.3 is 9.84 Å². The van der Waals surface area contributed by atoms with Gasteiger partial charge in [0.1, 0.15) is 5.76 Å². The number of carbonyl (C=O) groups is 1. The summed E-state index contributed by atoms with van der Waals surface area (Å²) in [5.41, 5.74) is 0.935. The predicted octanol–water partition coefficient (Wildman–Crippen LogP) is 4.64. The van der Waals surface area contributed by atoms with Crippen LogP contribution in [0.4, 0.5) is 0 Å². The molecule has 23 heavy (non-hydrogen) atoms. The SMILES string of the molecule is O=C1OC2(CCCCCC2)C(O)=C1C(c1ccccc1)C1CC1. The van der Waals surface area contributed by atoms with Gasteiger partial charge in [-0.2, -0.15) is 0 Å². The van der Waals surface area contributed by atoms with Gasteiger partial charge in [-0.05, 0) is 50.0 Å². The Labute approximate surface area is 137 Å². The van der Waals surface area contributed by atoms with Crippen LogP contribution >= 0.6 is 0 Å². The Hall–Kier alpha value is -1.77. The molecule has 0 bridgehead atoms. The first kappa shape index (κ1) is 14.8. The fourth-order valence-corrected chi connectivity index (χ4v) is 4.30. The summed E-state index contributed by atoms with van der Waals surface area (Å²) in [7, 11) is 0. The third-order valence-electron chi connectivity index (χ3n) is 5.67. The Morgan fingerprint density at radius 1 is 1.04 bits per heavy atom. The summed E-state index contributed by atoms with van der Waals surface area (Å²) in [4.78, 5) is 12.7. The average Bonchev–Trinajstić information content (AvgIpc) is 3.37. The minimum absolute atomic E-state index is 0.00803. The lowest BCUT2D eigenvalue weighted by molar-refractivity contribution is -0.149. The van der Waals surface area contributed by atoms with Crippen LogP contribution in [-0.4, -0.2) is 16.7 Å². The van der Waals surface area contributed by atoms with Crippen molar-refractivity contribution >= 4 is 5.97 Å². The molecule has 4 rings (SSSR count). The third-order valence-corrected chi connectivity index (χ3v) is 5.67. The predicted molar refractivity (Wildman–Crippen MR) is 88.1 cm³/mol. The van der Waals surface area contributed by atoms with Crippen LogP contribution in [-0.2, 0) is 9.53 Å². The molecule has 1 aromatic rings. The first-order chi connectivity index (χ1) is 11.2. The highest BCUT2D eigenvalue weighted by molar-refractivity contribution is 5.94. The minimum atomic E-state index is -0.731. The van der Waals surface area contributed by atoms with Crippen molar-refractivity contribution < 1.29 is 14.6 Å². The number of aliphatic hydroxyl groups is 1. The van der Waals surface area contributed by atoms with Gasteiger partial charge >= 0.3 is 5.97 Å². The van der Waals surface area contributed by atoms with E-state index in [0.29, 0.717) is 11.5 Å². The van der Waals surface area contributed by atoms with Crippen molar-refractivity contribution in [3.05, 3.63) is 47.2 Å². The quantitative estimate of drug-likeness (QED) is 0.827. The number of esters is 1. The molecule has 0 saturated heterocycles.